The van der Waals surface area contributed by atoms with Crippen LogP contribution in [0.15, 0.2) is 47.5 Å². The highest BCUT2D eigenvalue weighted by Gasteiger charge is 2.26. The number of anilines is 2. The highest BCUT2D eigenvalue weighted by molar-refractivity contribution is 7.92. The molecule has 5 rings (SSSR count). The highest BCUT2D eigenvalue weighted by atomic mass is 35.5. The third-order valence-electron chi connectivity index (χ3n) is 7.80. The summed E-state index contributed by atoms with van der Waals surface area (Å²) in [5, 5.41) is 3.92. The van der Waals surface area contributed by atoms with Crippen LogP contribution in [0, 0.1) is 11.6 Å². The molecule has 1 saturated carbocycles. The van der Waals surface area contributed by atoms with Gasteiger partial charge < -0.3 is 15.0 Å². The number of benzene rings is 2. The molecule has 1 aliphatic rings. The van der Waals surface area contributed by atoms with Gasteiger partial charge in [-0.2, -0.15) is 4.98 Å². The fraction of sp³-hybridized carbons (Fsp3) is 0.367. The maximum atomic E-state index is 16.1. The molecular weight excluding hydrogens is 598 g/mol. The van der Waals surface area contributed by atoms with Gasteiger partial charge in [0, 0.05) is 40.4 Å². The number of methoxy groups -OCH3 is 1. The largest absolute Gasteiger partial charge is 0.480 e. The van der Waals surface area contributed by atoms with Gasteiger partial charge in [-0.15, -0.1) is 0 Å². The number of halogens is 3. The van der Waals surface area contributed by atoms with E-state index in [1.54, 1.807) is 12.3 Å². The summed E-state index contributed by atoms with van der Waals surface area (Å²) in [6.07, 6.45) is 6.05. The van der Waals surface area contributed by atoms with Gasteiger partial charge in [-0.3, -0.25) is 4.72 Å². The molecule has 2 aromatic carbocycles. The Labute approximate surface area is 254 Å². The minimum Gasteiger partial charge on any atom is -0.480 e. The minimum absolute atomic E-state index is 0.00893. The van der Waals surface area contributed by atoms with Crippen molar-refractivity contribution in [2.45, 2.75) is 56.0 Å². The third-order valence-corrected chi connectivity index (χ3v) is 9.64. The molecule has 2 heterocycles. The van der Waals surface area contributed by atoms with Gasteiger partial charge in [-0.25, -0.2) is 27.2 Å². The molecule has 2 N–H and O–H groups in total. The summed E-state index contributed by atoms with van der Waals surface area (Å²) >= 11 is 6.03. The summed E-state index contributed by atoms with van der Waals surface area (Å²) < 4.78 is 64.6. The van der Waals surface area contributed by atoms with Crippen molar-refractivity contribution < 1.29 is 21.9 Å². The maximum Gasteiger partial charge on any atom is 0.264 e. The summed E-state index contributed by atoms with van der Waals surface area (Å²) in [5.74, 6) is -1.98. The molecular formula is C30H33ClF2N6O3S. The first-order valence-electron chi connectivity index (χ1n) is 14.0. The van der Waals surface area contributed by atoms with Gasteiger partial charge in [-0.05, 0) is 70.5 Å². The van der Waals surface area contributed by atoms with Gasteiger partial charge in [0.15, 0.2) is 11.6 Å². The van der Waals surface area contributed by atoms with E-state index in [0.29, 0.717) is 34.9 Å². The van der Waals surface area contributed by atoms with E-state index in [0.717, 1.165) is 31.7 Å². The first-order valence-corrected chi connectivity index (χ1v) is 15.8. The van der Waals surface area contributed by atoms with E-state index in [1.807, 2.05) is 6.92 Å². The fourth-order valence-electron chi connectivity index (χ4n) is 5.47. The van der Waals surface area contributed by atoms with Crippen LogP contribution in [-0.4, -0.2) is 61.6 Å². The summed E-state index contributed by atoms with van der Waals surface area (Å²) in [6.45, 7) is 1.81. The van der Waals surface area contributed by atoms with Gasteiger partial charge in [-0.1, -0.05) is 30.7 Å². The zero-order valence-corrected chi connectivity index (χ0v) is 25.9. The monoisotopic (exact) mass is 630 g/mol. The lowest BCUT2D eigenvalue weighted by Gasteiger charge is -2.33. The average Bonchev–Trinajstić information content (AvgIpc) is 2.98. The Hall–Kier alpha value is -3.61. The van der Waals surface area contributed by atoms with Crippen molar-refractivity contribution in [1.82, 2.24) is 19.9 Å². The molecule has 0 amide bonds. The topological polar surface area (TPSA) is 109 Å². The molecule has 0 saturated heterocycles. The molecule has 0 spiro atoms. The zero-order chi connectivity index (χ0) is 30.9. The second-order valence-electron chi connectivity index (χ2n) is 10.7. The second-order valence-corrected chi connectivity index (χ2v) is 12.8. The van der Waals surface area contributed by atoms with Gasteiger partial charge in [0.25, 0.3) is 10.0 Å². The molecule has 1 aliphatic carbocycles. The maximum absolute atomic E-state index is 16.1. The van der Waals surface area contributed by atoms with Gasteiger partial charge >= 0.3 is 0 Å². The Morgan fingerprint density at radius 1 is 1.07 bits per heavy atom. The fourth-order valence-corrected chi connectivity index (χ4v) is 7.00. The van der Waals surface area contributed by atoms with Crippen molar-refractivity contribution in [3.05, 3.63) is 64.8 Å². The van der Waals surface area contributed by atoms with Gasteiger partial charge in [0.05, 0.1) is 17.6 Å². The number of hydrogen-bond donors (Lipinski definition) is 2. The number of hydrogen-bond acceptors (Lipinski definition) is 8. The van der Waals surface area contributed by atoms with Crippen LogP contribution in [0.2, 0.25) is 5.02 Å². The first kappa shape index (κ1) is 30.8. The van der Waals surface area contributed by atoms with E-state index >= 15 is 8.78 Å². The number of sulfonamides is 1. The Morgan fingerprint density at radius 2 is 1.79 bits per heavy atom. The first-order chi connectivity index (χ1) is 20.5. The SMILES string of the molecule is CCc1c(F)c(-c2cc(F)c(NS(=O)(=O)c3ccccc3Cl)nc2OC)cc2cnc(N[C@H]3CC[C@H](N(C)C)CC3)nc12. The molecule has 9 nitrogen and oxygen atoms in total. The number of ether oxygens (including phenoxy) is 1. The summed E-state index contributed by atoms with van der Waals surface area (Å²) in [6, 6.07) is 9.03. The van der Waals surface area contributed by atoms with Crippen LogP contribution < -0.4 is 14.8 Å². The Balaban J connectivity index is 1.48. The quantitative estimate of drug-likeness (QED) is 0.222. The summed E-state index contributed by atoms with van der Waals surface area (Å²) in [7, 11) is 1.19. The molecule has 0 aliphatic heterocycles. The van der Waals surface area contributed by atoms with E-state index in [2.05, 4.69) is 44.0 Å². The number of pyridine rings is 1. The van der Waals surface area contributed by atoms with Crippen molar-refractivity contribution in [3.63, 3.8) is 0 Å². The summed E-state index contributed by atoms with van der Waals surface area (Å²) in [4.78, 5) is 15.2. The Kier molecular flexibility index (Phi) is 9.00. The highest BCUT2D eigenvalue weighted by Crippen LogP contribution is 2.38. The van der Waals surface area contributed by atoms with Crippen molar-refractivity contribution in [1.29, 1.82) is 0 Å². The van der Waals surface area contributed by atoms with Crippen LogP contribution in [0.25, 0.3) is 22.0 Å². The Bertz CT molecular complexity index is 1770. The van der Waals surface area contributed by atoms with E-state index in [-0.39, 0.29) is 33.0 Å². The standard InChI is InChI=1S/C30H33ClF2N6O3S/c1-5-20-26(33)21(14-17-16-34-30(36-27(17)20)35-18-10-12-19(13-11-18)39(2)3)22-15-24(32)28(37-29(22)42-4)38-43(40,41)25-9-7-6-8-23(25)31/h6-9,14-16,18-19H,5,10-13H2,1-4H3,(H,37,38)(H,34,35,36)/t18-,19-. The van der Waals surface area contributed by atoms with Crippen molar-refractivity contribution in [2.24, 2.45) is 0 Å². The molecule has 228 valence electrons. The normalized spacial score (nSPS) is 17.3. The number of nitrogens with zero attached hydrogens (tertiary/aromatic N) is 4. The lowest BCUT2D eigenvalue weighted by Crippen LogP contribution is -2.36. The van der Waals surface area contributed by atoms with Crippen LogP contribution >= 0.6 is 11.6 Å². The molecule has 2 aromatic heterocycles. The average molecular weight is 631 g/mol. The van der Waals surface area contributed by atoms with Crippen LogP contribution in [-0.2, 0) is 16.4 Å². The second kappa shape index (κ2) is 12.6. The molecule has 0 radical (unpaired) electrons. The van der Waals surface area contributed by atoms with Crippen LogP contribution in [0.1, 0.15) is 38.2 Å². The van der Waals surface area contributed by atoms with Crippen LogP contribution in [0.4, 0.5) is 20.5 Å². The molecule has 4 aromatic rings. The Morgan fingerprint density at radius 3 is 2.44 bits per heavy atom. The minimum atomic E-state index is -4.28. The molecule has 0 bridgehead atoms. The predicted molar refractivity (Wildman–Crippen MR) is 164 cm³/mol. The molecule has 13 heteroatoms. The molecule has 0 unspecified atom stereocenters. The van der Waals surface area contributed by atoms with Crippen molar-refractivity contribution in [3.8, 4) is 17.0 Å². The van der Waals surface area contributed by atoms with Gasteiger partial charge in [0.1, 0.15) is 10.7 Å². The number of rotatable bonds is 9. The number of fused-ring (bicyclic) bond motifs is 1. The number of aromatic nitrogens is 3. The lowest BCUT2D eigenvalue weighted by molar-refractivity contribution is 0.221. The van der Waals surface area contributed by atoms with Crippen LogP contribution in [0.5, 0.6) is 5.88 Å². The third kappa shape index (κ3) is 6.36. The van der Waals surface area contributed by atoms with Crippen molar-refractivity contribution >= 4 is 44.3 Å². The van der Waals surface area contributed by atoms with E-state index in [1.165, 1.54) is 31.4 Å². The molecule has 0 atom stereocenters. The van der Waals surface area contributed by atoms with E-state index < -0.39 is 27.5 Å². The van der Waals surface area contributed by atoms with E-state index in [4.69, 9.17) is 16.3 Å². The number of aryl methyl sites for hydroxylation is 1. The molecule has 1 fully saturated rings. The van der Waals surface area contributed by atoms with Crippen molar-refractivity contribution in [2.75, 3.05) is 31.2 Å². The molecule has 43 heavy (non-hydrogen) atoms. The van der Waals surface area contributed by atoms with Crippen LogP contribution in [0.3, 0.4) is 0 Å². The predicted octanol–water partition coefficient (Wildman–Crippen LogP) is 6.28. The number of nitrogens with one attached hydrogen (secondary N) is 2. The summed E-state index contributed by atoms with van der Waals surface area (Å²) in [5.41, 5.74) is 0.828. The van der Waals surface area contributed by atoms with Gasteiger partial charge in [0.2, 0.25) is 11.8 Å². The lowest BCUT2D eigenvalue weighted by atomic mass is 9.90. The van der Waals surface area contributed by atoms with E-state index in [9.17, 15) is 8.42 Å². The zero-order valence-electron chi connectivity index (χ0n) is 24.3. The smallest absolute Gasteiger partial charge is 0.264 e.